The molecule has 5 heteroatoms. The van der Waals surface area contributed by atoms with Gasteiger partial charge in [0.05, 0.1) is 0 Å². The molecule has 0 amide bonds. The molecule has 0 saturated carbocycles. The minimum atomic E-state index is -0.731. The monoisotopic (exact) mass is 284 g/mol. The molecule has 3 rings (SSSR count). The zero-order chi connectivity index (χ0) is 15.0. The molecule has 0 bridgehead atoms. The highest BCUT2D eigenvalue weighted by molar-refractivity contribution is 5.88. The molecule has 0 spiro atoms. The first kappa shape index (κ1) is 13.1. The van der Waals surface area contributed by atoms with Crippen molar-refractivity contribution in [3.05, 3.63) is 64.0 Å². The minimum Gasteiger partial charge on any atom is -0.504 e. The number of aromatic hydroxyl groups is 3. The quantitative estimate of drug-likeness (QED) is 0.629. The zero-order valence-electron chi connectivity index (χ0n) is 10.9. The highest BCUT2D eigenvalue weighted by Gasteiger charge is 2.16. The van der Waals surface area contributed by atoms with E-state index >= 15 is 0 Å². The van der Waals surface area contributed by atoms with E-state index in [1.807, 2.05) is 30.3 Å². The van der Waals surface area contributed by atoms with Crippen molar-refractivity contribution in [2.75, 3.05) is 0 Å². The van der Waals surface area contributed by atoms with Crippen LogP contribution >= 0.6 is 0 Å². The van der Waals surface area contributed by atoms with Gasteiger partial charge >= 0.3 is 0 Å². The van der Waals surface area contributed by atoms with E-state index in [4.69, 9.17) is 4.42 Å². The Morgan fingerprint density at radius 3 is 2.38 bits per heavy atom. The molecule has 0 fully saturated rings. The number of phenolic OH excluding ortho intramolecular Hbond substituents is 3. The second kappa shape index (κ2) is 4.86. The van der Waals surface area contributed by atoms with Crippen molar-refractivity contribution in [2.24, 2.45) is 0 Å². The molecular formula is C16H12O5. The van der Waals surface area contributed by atoms with Crippen LogP contribution in [0.15, 0.2) is 51.7 Å². The maximum absolute atomic E-state index is 12.1. The first-order valence-corrected chi connectivity index (χ1v) is 6.31. The van der Waals surface area contributed by atoms with Crippen LogP contribution in [0.5, 0.6) is 17.2 Å². The molecule has 1 aromatic heterocycles. The van der Waals surface area contributed by atoms with Crippen LogP contribution < -0.4 is 5.43 Å². The van der Waals surface area contributed by atoms with Gasteiger partial charge in [-0.3, -0.25) is 4.79 Å². The average Bonchev–Trinajstić information content (AvgIpc) is 2.45. The maximum Gasteiger partial charge on any atom is 0.201 e. The predicted molar refractivity (Wildman–Crippen MR) is 76.7 cm³/mol. The molecule has 1 heterocycles. The SMILES string of the molecule is O=c1cc(Cc2ccccc2)oc2cc(O)c(O)c(O)c12. The molecule has 3 aromatic rings. The number of fused-ring (bicyclic) bond motifs is 1. The third-order valence-electron chi connectivity index (χ3n) is 3.22. The molecule has 0 aliphatic heterocycles. The van der Waals surface area contributed by atoms with Gasteiger partial charge in [0.1, 0.15) is 16.7 Å². The second-order valence-electron chi connectivity index (χ2n) is 4.71. The van der Waals surface area contributed by atoms with Crippen molar-refractivity contribution in [1.82, 2.24) is 0 Å². The molecule has 2 aromatic carbocycles. The van der Waals surface area contributed by atoms with E-state index in [0.717, 1.165) is 11.6 Å². The summed E-state index contributed by atoms with van der Waals surface area (Å²) in [4.78, 5) is 12.1. The van der Waals surface area contributed by atoms with E-state index in [2.05, 4.69) is 0 Å². The molecule has 0 aliphatic carbocycles. The summed E-state index contributed by atoms with van der Waals surface area (Å²) in [6, 6.07) is 11.8. The molecule has 5 nitrogen and oxygen atoms in total. The van der Waals surface area contributed by atoms with Crippen LogP contribution in [0.4, 0.5) is 0 Å². The largest absolute Gasteiger partial charge is 0.504 e. The van der Waals surface area contributed by atoms with Crippen molar-refractivity contribution < 1.29 is 19.7 Å². The highest BCUT2D eigenvalue weighted by atomic mass is 16.3. The summed E-state index contributed by atoms with van der Waals surface area (Å²) in [5.74, 6) is -1.54. The van der Waals surface area contributed by atoms with E-state index in [0.29, 0.717) is 12.2 Å². The number of hydrogen-bond acceptors (Lipinski definition) is 5. The predicted octanol–water partition coefficient (Wildman–Crippen LogP) is 2.50. The fraction of sp³-hybridized carbons (Fsp3) is 0.0625. The Kier molecular flexibility index (Phi) is 3.02. The summed E-state index contributed by atoms with van der Waals surface area (Å²) in [5, 5.41) is 28.5. The van der Waals surface area contributed by atoms with Crippen molar-refractivity contribution in [3.63, 3.8) is 0 Å². The first-order valence-electron chi connectivity index (χ1n) is 6.31. The van der Waals surface area contributed by atoms with Gasteiger partial charge in [-0.25, -0.2) is 0 Å². The van der Waals surface area contributed by atoms with Gasteiger partial charge in [0.25, 0.3) is 0 Å². The maximum atomic E-state index is 12.1. The minimum absolute atomic E-state index is 0.0289. The average molecular weight is 284 g/mol. The van der Waals surface area contributed by atoms with Gasteiger partial charge in [-0.15, -0.1) is 0 Å². The molecule has 0 radical (unpaired) electrons. The number of benzene rings is 2. The van der Waals surface area contributed by atoms with Gasteiger partial charge in [-0.05, 0) is 5.56 Å². The highest BCUT2D eigenvalue weighted by Crippen LogP contribution is 2.39. The molecule has 0 aliphatic rings. The van der Waals surface area contributed by atoms with Gasteiger partial charge in [-0.1, -0.05) is 30.3 Å². The molecule has 106 valence electrons. The Bertz CT molecular complexity index is 865. The topological polar surface area (TPSA) is 90.9 Å². The first-order chi connectivity index (χ1) is 10.1. The van der Waals surface area contributed by atoms with E-state index < -0.39 is 22.7 Å². The van der Waals surface area contributed by atoms with Crippen molar-refractivity contribution in [3.8, 4) is 17.2 Å². The summed E-state index contributed by atoms with van der Waals surface area (Å²) >= 11 is 0. The molecule has 0 atom stereocenters. The second-order valence-corrected chi connectivity index (χ2v) is 4.71. The van der Waals surface area contributed by atoms with Crippen LogP contribution in [0, 0.1) is 0 Å². The summed E-state index contributed by atoms with van der Waals surface area (Å²) in [6.07, 6.45) is 0.411. The van der Waals surface area contributed by atoms with Crippen LogP contribution in [0.1, 0.15) is 11.3 Å². The zero-order valence-corrected chi connectivity index (χ0v) is 10.9. The Morgan fingerprint density at radius 2 is 1.67 bits per heavy atom. The van der Waals surface area contributed by atoms with Crippen molar-refractivity contribution >= 4 is 11.0 Å². The summed E-state index contributed by atoms with van der Waals surface area (Å²) < 4.78 is 5.53. The van der Waals surface area contributed by atoms with Gasteiger partial charge in [0.2, 0.25) is 5.75 Å². The van der Waals surface area contributed by atoms with Gasteiger partial charge in [-0.2, -0.15) is 0 Å². The van der Waals surface area contributed by atoms with Crippen LogP contribution in [-0.4, -0.2) is 15.3 Å². The van der Waals surface area contributed by atoms with Crippen LogP contribution in [0.3, 0.4) is 0 Å². The third-order valence-corrected chi connectivity index (χ3v) is 3.22. The van der Waals surface area contributed by atoms with Crippen LogP contribution in [0.2, 0.25) is 0 Å². The van der Waals surface area contributed by atoms with E-state index in [1.54, 1.807) is 0 Å². The van der Waals surface area contributed by atoms with Gasteiger partial charge in [0, 0.05) is 18.6 Å². The standard InChI is InChI=1S/C16H12O5/c17-11-7-10(6-9-4-2-1-3-5-9)21-13-8-12(18)15(19)16(20)14(11)13/h1-5,7-8,18-20H,6H2. The normalized spacial score (nSPS) is 10.9. The molecule has 21 heavy (non-hydrogen) atoms. The third kappa shape index (κ3) is 2.29. The lowest BCUT2D eigenvalue weighted by atomic mass is 10.1. The lowest BCUT2D eigenvalue weighted by Gasteiger charge is -2.07. The summed E-state index contributed by atoms with van der Waals surface area (Å²) in [6.45, 7) is 0. The number of rotatable bonds is 2. The summed E-state index contributed by atoms with van der Waals surface area (Å²) in [5.41, 5.74) is 0.517. The smallest absolute Gasteiger partial charge is 0.201 e. The van der Waals surface area contributed by atoms with Crippen LogP contribution in [0.25, 0.3) is 11.0 Å². The Labute approximate surface area is 119 Å². The molecule has 0 unspecified atom stereocenters. The van der Waals surface area contributed by atoms with E-state index in [1.165, 1.54) is 6.07 Å². The Balaban J connectivity index is 2.16. The van der Waals surface area contributed by atoms with Crippen molar-refractivity contribution in [2.45, 2.75) is 6.42 Å². The van der Waals surface area contributed by atoms with E-state index in [9.17, 15) is 20.1 Å². The Hall–Kier alpha value is -2.95. The Morgan fingerprint density at radius 1 is 0.952 bits per heavy atom. The fourth-order valence-corrected chi connectivity index (χ4v) is 2.21. The fourth-order valence-electron chi connectivity index (χ4n) is 2.21. The number of phenols is 3. The lowest BCUT2D eigenvalue weighted by molar-refractivity contribution is 0.369. The number of hydrogen-bond donors (Lipinski definition) is 3. The van der Waals surface area contributed by atoms with Crippen molar-refractivity contribution in [1.29, 1.82) is 0 Å². The van der Waals surface area contributed by atoms with E-state index in [-0.39, 0.29) is 11.0 Å². The molecule has 0 saturated heterocycles. The lowest BCUT2D eigenvalue weighted by Crippen LogP contribution is -2.03. The van der Waals surface area contributed by atoms with Gasteiger partial charge in [0.15, 0.2) is 16.9 Å². The molecule has 3 N–H and O–H groups in total. The van der Waals surface area contributed by atoms with Gasteiger partial charge < -0.3 is 19.7 Å². The summed E-state index contributed by atoms with van der Waals surface area (Å²) in [7, 11) is 0. The van der Waals surface area contributed by atoms with Crippen LogP contribution in [-0.2, 0) is 6.42 Å². The molecular weight excluding hydrogens is 272 g/mol.